The minimum absolute atomic E-state index is 0.00842. The van der Waals surface area contributed by atoms with Gasteiger partial charge in [-0.25, -0.2) is 0 Å². The SMILES string of the molecule is CC(C)CC(=O)c1c(O)cc(O[C@@H]2O[C@@H](CO)[C@@H](O)[C@H](O)[C@@H]2O)cc1O[C@@H]1O[C@H](CO)[C@H](O)[C@@H](O)[C@H]1O. The average molecular weight is 535 g/mol. The van der Waals surface area contributed by atoms with Gasteiger partial charge in [0.15, 0.2) is 5.78 Å². The summed E-state index contributed by atoms with van der Waals surface area (Å²) in [5.41, 5.74) is -0.313. The predicted molar refractivity (Wildman–Crippen MR) is 121 cm³/mol. The van der Waals surface area contributed by atoms with Crippen molar-refractivity contribution in [1.82, 2.24) is 0 Å². The van der Waals surface area contributed by atoms with E-state index in [1.807, 2.05) is 0 Å². The fourth-order valence-corrected chi connectivity index (χ4v) is 4.08. The summed E-state index contributed by atoms with van der Waals surface area (Å²) in [5.74, 6) is -1.90. The molecule has 0 aromatic heterocycles. The number of hydrogen-bond donors (Lipinski definition) is 9. The smallest absolute Gasteiger partial charge is 0.229 e. The highest BCUT2D eigenvalue weighted by atomic mass is 16.7. The third-order valence-corrected chi connectivity index (χ3v) is 6.12. The predicted octanol–water partition coefficient (Wildman–Crippen LogP) is -3.02. The van der Waals surface area contributed by atoms with E-state index < -0.39 is 86.2 Å². The van der Waals surface area contributed by atoms with Crippen LogP contribution in [0.2, 0.25) is 0 Å². The molecule has 0 aliphatic carbocycles. The van der Waals surface area contributed by atoms with E-state index in [0.29, 0.717) is 0 Å². The standard InChI is InChI=1S/C23H34O14/c1-8(2)3-10(26)15-11(27)4-9(34-22-20(32)18(30)16(28)13(6-24)36-22)5-12(15)35-23-21(33)19(31)17(29)14(7-25)37-23/h4-5,8,13-14,16-25,27-33H,3,6-7H2,1-2H3/t13-,14+,16+,17-,18-,19+,20-,21+,22+,23+/m0/s1. The van der Waals surface area contributed by atoms with Crippen molar-refractivity contribution in [1.29, 1.82) is 0 Å². The summed E-state index contributed by atoms with van der Waals surface area (Å²) in [6, 6.07) is 2.10. The molecule has 2 aliphatic rings. The van der Waals surface area contributed by atoms with Crippen LogP contribution >= 0.6 is 0 Å². The lowest BCUT2D eigenvalue weighted by atomic mass is 9.98. The fourth-order valence-electron chi connectivity index (χ4n) is 4.08. The van der Waals surface area contributed by atoms with Gasteiger partial charge in [0.05, 0.1) is 13.2 Å². The van der Waals surface area contributed by atoms with Gasteiger partial charge in [-0.1, -0.05) is 13.8 Å². The first kappa shape index (κ1) is 29.4. The summed E-state index contributed by atoms with van der Waals surface area (Å²) in [6.07, 6.45) is -16.3. The second-order valence-electron chi connectivity index (χ2n) is 9.47. The molecule has 2 aliphatic heterocycles. The van der Waals surface area contributed by atoms with E-state index in [4.69, 9.17) is 18.9 Å². The lowest BCUT2D eigenvalue weighted by Gasteiger charge is -2.40. The maximum Gasteiger partial charge on any atom is 0.229 e. The fraction of sp³-hybridized carbons (Fsp3) is 0.696. The maximum atomic E-state index is 12.9. The van der Waals surface area contributed by atoms with E-state index in [0.717, 1.165) is 12.1 Å². The normalized spacial score (nSPS) is 36.4. The molecule has 0 spiro atoms. The summed E-state index contributed by atoms with van der Waals surface area (Å²) in [7, 11) is 0. The summed E-state index contributed by atoms with van der Waals surface area (Å²) >= 11 is 0. The van der Waals surface area contributed by atoms with E-state index in [2.05, 4.69) is 0 Å². The van der Waals surface area contributed by atoms with Crippen molar-refractivity contribution in [3.8, 4) is 17.2 Å². The van der Waals surface area contributed by atoms with Crippen molar-refractivity contribution in [3.63, 3.8) is 0 Å². The zero-order valence-corrected chi connectivity index (χ0v) is 20.2. The quantitative estimate of drug-likeness (QED) is 0.143. The van der Waals surface area contributed by atoms with Gasteiger partial charge in [0.1, 0.15) is 71.6 Å². The first-order valence-electron chi connectivity index (χ1n) is 11.7. The molecule has 2 saturated heterocycles. The highest BCUT2D eigenvalue weighted by molar-refractivity contribution is 6.01. The zero-order valence-electron chi connectivity index (χ0n) is 20.2. The van der Waals surface area contributed by atoms with Crippen LogP contribution in [0.1, 0.15) is 30.6 Å². The molecule has 0 radical (unpaired) electrons. The molecule has 0 bridgehead atoms. The second kappa shape index (κ2) is 12.2. The van der Waals surface area contributed by atoms with E-state index in [1.54, 1.807) is 13.8 Å². The molecule has 0 saturated carbocycles. The Bertz CT molecular complexity index is 921. The Morgan fingerprint density at radius 3 is 1.76 bits per heavy atom. The average Bonchev–Trinajstić information content (AvgIpc) is 2.84. The molecule has 2 heterocycles. The largest absolute Gasteiger partial charge is 0.507 e. The van der Waals surface area contributed by atoms with Gasteiger partial charge >= 0.3 is 0 Å². The molecule has 0 amide bonds. The molecule has 0 unspecified atom stereocenters. The number of rotatable bonds is 9. The molecular weight excluding hydrogens is 500 g/mol. The molecule has 10 atom stereocenters. The van der Waals surface area contributed by atoms with E-state index in [-0.39, 0.29) is 29.4 Å². The summed E-state index contributed by atoms with van der Waals surface area (Å²) in [5, 5.41) is 90.1. The molecule has 2 fully saturated rings. The van der Waals surface area contributed by atoms with Crippen molar-refractivity contribution in [2.45, 2.75) is 81.7 Å². The lowest BCUT2D eigenvalue weighted by molar-refractivity contribution is -0.278. The van der Waals surface area contributed by atoms with E-state index in [1.165, 1.54) is 0 Å². The van der Waals surface area contributed by atoms with Crippen LogP contribution in [0.4, 0.5) is 0 Å². The molecule has 1 aromatic rings. The van der Waals surface area contributed by atoms with Crippen molar-refractivity contribution in [2.75, 3.05) is 13.2 Å². The van der Waals surface area contributed by atoms with Gasteiger partial charge in [-0.05, 0) is 5.92 Å². The molecular formula is C23H34O14. The minimum Gasteiger partial charge on any atom is -0.507 e. The summed E-state index contributed by atoms with van der Waals surface area (Å²) in [4.78, 5) is 12.9. The molecule has 1 aromatic carbocycles. The Balaban J connectivity index is 1.95. The first-order valence-corrected chi connectivity index (χ1v) is 11.7. The summed E-state index contributed by atoms with van der Waals surface area (Å²) < 4.78 is 21.8. The zero-order chi connectivity index (χ0) is 27.6. The van der Waals surface area contributed by atoms with Crippen LogP contribution in [-0.4, -0.2) is 126 Å². The van der Waals surface area contributed by atoms with E-state index >= 15 is 0 Å². The number of aliphatic hydroxyl groups is 8. The van der Waals surface area contributed by atoms with Crippen LogP contribution in [0.5, 0.6) is 17.2 Å². The number of aromatic hydroxyl groups is 1. The van der Waals surface area contributed by atoms with Crippen molar-refractivity contribution in [2.24, 2.45) is 5.92 Å². The van der Waals surface area contributed by atoms with Crippen molar-refractivity contribution >= 4 is 5.78 Å². The molecule has 37 heavy (non-hydrogen) atoms. The number of ketones is 1. The van der Waals surface area contributed by atoms with Gasteiger partial charge in [0.2, 0.25) is 12.6 Å². The van der Waals surface area contributed by atoms with Crippen LogP contribution in [0.25, 0.3) is 0 Å². The highest BCUT2D eigenvalue weighted by Gasteiger charge is 2.46. The van der Waals surface area contributed by atoms with Crippen LogP contribution in [0.3, 0.4) is 0 Å². The van der Waals surface area contributed by atoms with Gasteiger partial charge < -0.3 is 64.9 Å². The lowest BCUT2D eigenvalue weighted by Crippen LogP contribution is -2.60. The minimum atomic E-state index is -1.82. The highest BCUT2D eigenvalue weighted by Crippen LogP contribution is 2.38. The molecule has 14 nitrogen and oxygen atoms in total. The van der Waals surface area contributed by atoms with Gasteiger partial charge in [-0.2, -0.15) is 0 Å². The monoisotopic (exact) mass is 534 g/mol. The van der Waals surface area contributed by atoms with Gasteiger partial charge in [0.25, 0.3) is 0 Å². The van der Waals surface area contributed by atoms with Crippen molar-refractivity contribution < 1.29 is 69.7 Å². The molecule has 210 valence electrons. The number of phenolic OH excluding ortho intramolecular Hbond substituents is 1. The van der Waals surface area contributed by atoms with Crippen LogP contribution in [0, 0.1) is 5.92 Å². The van der Waals surface area contributed by atoms with Gasteiger partial charge in [-0.3, -0.25) is 4.79 Å². The Hall–Kier alpha value is -2.11. The Morgan fingerprint density at radius 1 is 0.811 bits per heavy atom. The number of ether oxygens (including phenoxy) is 4. The Labute approximate surface area is 211 Å². The topological polar surface area (TPSA) is 236 Å². The first-order chi connectivity index (χ1) is 17.4. The van der Waals surface area contributed by atoms with Gasteiger partial charge in [0, 0.05) is 18.6 Å². The summed E-state index contributed by atoms with van der Waals surface area (Å²) in [6.45, 7) is 2.10. The number of aliphatic hydroxyl groups excluding tert-OH is 8. The van der Waals surface area contributed by atoms with Crippen molar-refractivity contribution in [3.05, 3.63) is 17.7 Å². The second-order valence-corrected chi connectivity index (χ2v) is 9.47. The number of Topliss-reactive ketones (excluding diaryl/α,β-unsaturated/α-hetero) is 1. The Morgan fingerprint density at radius 2 is 1.30 bits per heavy atom. The number of benzene rings is 1. The van der Waals surface area contributed by atoms with Crippen LogP contribution in [-0.2, 0) is 9.47 Å². The maximum absolute atomic E-state index is 12.9. The Kier molecular flexibility index (Phi) is 9.68. The molecule has 3 rings (SSSR count). The number of hydrogen-bond acceptors (Lipinski definition) is 14. The van der Waals surface area contributed by atoms with E-state index in [9.17, 15) is 50.8 Å². The number of phenols is 1. The van der Waals surface area contributed by atoms with Gasteiger partial charge in [-0.15, -0.1) is 0 Å². The third-order valence-electron chi connectivity index (χ3n) is 6.12. The van der Waals surface area contributed by atoms with Crippen LogP contribution < -0.4 is 9.47 Å². The number of carbonyl (C=O) groups is 1. The number of carbonyl (C=O) groups excluding carboxylic acids is 1. The van der Waals surface area contributed by atoms with Crippen LogP contribution in [0.15, 0.2) is 12.1 Å². The molecule has 14 heteroatoms. The third kappa shape index (κ3) is 6.31. The molecule has 9 N–H and O–H groups in total.